The smallest absolute Gasteiger partial charge is 0.0402 e. The maximum absolute atomic E-state index is 3.90. The van der Waals surface area contributed by atoms with E-state index >= 15 is 0 Å². The van der Waals surface area contributed by atoms with Crippen LogP contribution in [-0.4, -0.2) is 25.2 Å². The fourth-order valence-corrected chi connectivity index (χ4v) is 4.77. The van der Waals surface area contributed by atoms with Gasteiger partial charge in [0.2, 0.25) is 0 Å². The standard InChI is InChI=1S/C19H28N2/c1-2-9-17-16(7-1)8-5-10-18(17)21-14-6-13-20-19(15-21)11-3-4-12-19/h5,8,10,20H,1-4,6-7,9,11-15H2. The normalized spacial score (nSPS) is 24.9. The average Bonchev–Trinajstić information content (AvgIpc) is 2.87. The van der Waals surface area contributed by atoms with Gasteiger partial charge in [0.25, 0.3) is 0 Å². The minimum absolute atomic E-state index is 0.411. The monoisotopic (exact) mass is 284 g/mol. The molecular weight excluding hydrogens is 256 g/mol. The Hall–Kier alpha value is -1.02. The highest BCUT2D eigenvalue weighted by molar-refractivity contribution is 5.58. The fraction of sp³-hybridized carbons (Fsp3) is 0.684. The lowest BCUT2D eigenvalue weighted by molar-refractivity contribution is 0.354. The average molecular weight is 284 g/mol. The first kappa shape index (κ1) is 13.6. The predicted molar refractivity (Wildman–Crippen MR) is 89.1 cm³/mol. The number of rotatable bonds is 1. The van der Waals surface area contributed by atoms with Crippen LogP contribution in [-0.2, 0) is 12.8 Å². The Kier molecular flexibility index (Phi) is 3.66. The van der Waals surface area contributed by atoms with Crippen molar-refractivity contribution in [2.45, 2.75) is 63.3 Å². The van der Waals surface area contributed by atoms with Crippen molar-refractivity contribution in [3.63, 3.8) is 0 Å². The van der Waals surface area contributed by atoms with Crippen molar-refractivity contribution in [2.24, 2.45) is 0 Å². The Balaban J connectivity index is 1.65. The molecule has 0 atom stereocenters. The van der Waals surface area contributed by atoms with E-state index in [2.05, 4.69) is 28.4 Å². The number of anilines is 1. The molecule has 3 aliphatic rings. The molecule has 1 aliphatic heterocycles. The van der Waals surface area contributed by atoms with E-state index < -0.39 is 0 Å². The van der Waals surface area contributed by atoms with Gasteiger partial charge in [0.05, 0.1) is 0 Å². The minimum atomic E-state index is 0.411. The van der Waals surface area contributed by atoms with Gasteiger partial charge in [-0.25, -0.2) is 0 Å². The summed E-state index contributed by atoms with van der Waals surface area (Å²) in [6.07, 6.45) is 12.2. The molecule has 0 unspecified atom stereocenters. The van der Waals surface area contributed by atoms with E-state index in [0.29, 0.717) is 5.54 Å². The topological polar surface area (TPSA) is 15.3 Å². The van der Waals surface area contributed by atoms with Gasteiger partial charge in [-0.2, -0.15) is 0 Å². The third-order valence-corrected chi connectivity index (χ3v) is 5.87. The highest BCUT2D eigenvalue weighted by Gasteiger charge is 2.37. The highest BCUT2D eigenvalue weighted by Crippen LogP contribution is 2.36. The molecule has 2 heteroatoms. The van der Waals surface area contributed by atoms with Crippen LogP contribution in [0.2, 0.25) is 0 Å². The molecule has 0 aromatic heterocycles. The Bertz CT molecular complexity index is 502. The second-order valence-electron chi connectivity index (χ2n) is 7.31. The van der Waals surface area contributed by atoms with E-state index in [4.69, 9.17) is 0 Å². The van der Waals surface area contributed by atoms with Gasteiger partial charge in [-0.05, 0) is 68.7 Å². The maximum Gasteiger partial charge on any atom is 0.0402 e. The summed E-state index contributed by atoms with van der Waals surface area (Å²) in [5, 5.41) is 3.90. The van der Waals surface area contributed by atoms with Gasteiger partial charge < -0.3 is 10.2 Å². The van der Waals surface area contributed by atoms with E-state index in [1.807, 2.05) is 0 Å². The van der Waals surface area contributed by atoms with Crippen LogP contribution in [0.15, 0.2) is 18.2 Å². The van der Waals surface area contributed by atoms with Crippen molar-refractivity contribution in [1.29, 1.82) is 0 Å². The van der Waals surface area contributed by atoms with Gasteiger partial charge in [-0.3, -0.25) is 0 Å². The number of benzene rings is 1. The van der Waals surface area contributed by atoms with Gasteiger partial charge in [-0.1, -0.05) is 25.0 Å². The summed E-state index contributed by atoms with van der Waals surface area (Å²) >= 11 is 0. The van der Waals surface area contributed by atoms with Crippen LogP contribution in [0.25, 0.3) is 0 Å². The summed E-state index contributed by atoms with van der Waals surface area (Å²) in [4.78, 5) is 2.72. The van der Waals surface area contributed by atoms with E-state index in [-0.39, 0.29) is 0 Å². The van der Waals surface area contributed by atoms with Gasteiger partial charge in [0.1, 0.15) is 0 Å². The fourth-order valence-electron chi connectivity index (χ4n) is 4.77. The largest absolute Gasteiger partial charge is 0.369 e. The molecule has 0 radical (unpaired) electrons. The summed E-state index contributed by atoms with van der Waals surface area (Å²) in [5.41, 5.74) is 5.26. The number of nitrogens with one attached hydrogen (secondary N) is 1. The molecule has 0 amide bonds. The molecule has 1 aromatic carbocycles. The number of hydrogen-bond acceptors (Lipinski definition) is 2. The Morgan fingerprint density at radius 2 is 1.81 bits per heavy atom. The van der Waals surface area contributed by atoms with E-state index in [1.54, 1.807) is 16.8 Å². The van der Waals surface area contributed by atoms with Crippen molar-refractivity contribution >= 4 is 5.69 Å². The molecule has 2 nitrogen and oxygen atoms in total. The third-order valence-electron chi connectivity index (χ3n) is 5.87. The first-order chi connectivity index (χ1) is 10.4. The van der Waals surface area contributed by atoms with Crippen molar-refractivity contribution in [2.75, 3.05) is 24.5 Å². The number of aryl methyl sites for hydroxylation is 1. The van der Waals surface area contributed by atoms with Gasteiger partial charge >= 0.3 is 0 Å². The molecule has 2 fully saturated rings. The predicted octanol–water partition coefficient (Wildman–Crippen LogP) is 3.68. The van der Waals surface area contributed by atoms with Crippen molar-refractivity contribution in [3.8, 4) is 0 Å². The van der Waals surface area contributed by atoms with Crippen molar-refractivity contribution in [3.05, 3.63) is 29.3 Å². The van der Waals surface area contributed by atoms with E-state index in [9.17, 15) is 0 Å². The quantitative estimate of drug-likeness (QED) is 0.846. The Labute approximate surface area is 128 Å². The zero-order chi connectivity index (χ0) is 14.1. The SMILES string of the molecule is c1cc2c(c(N3CCCNC4(CCCC4)C3)c1)CCCC2. The Morgan fingerprint density at radius 1 is 0.952 bits per heavy atom. The summed E-state index contributed by atoms with van der Waals surface area (Å²) in [6, 6.07) is 7.04. The molecule has 21 heavy (non-hydrogen) atoms. The molecule has 0 bridgehead atoms. The molecule has 1 spiro atoms. The molecular formula is C19H28N2. The first-order valence-electron chi connectivity index (χ1n) is 8.97. The van der Waals surface area contributed by atoms with Gasteiger partial charge in [0.15, 0.2) is 0 Å². The number of hydrogen-bond donors (Lipinski definition) is 1. The Morgan fingerprint density at radius 3 is 2.71 bits per heavy atom. The van der Waals surface area contributed by atoms with Crippen LogP contribution in [0.3, 0.4) is 0 Å². The number of fused-ring (bicyclic) bond motifs is 1. The molecule has 1 heterocycles. The van der Waals surface area contributed by atoms with Crippen molar-refractivity contribution in [1.82, 2.24) is 5.32 Å². The summed E-state index contributed by atoms with van der Waals surface area (Å²) in [5.74, 6) is 0. The lowest BCUT2D eigenvalue weighted by atomic mass is 9.89. The maximum atomic E-state index is 3.90. The molecule has 2 aliphatic carbocycles. The summed E-state index contributed by atoms with van der Waals surface area (Å²) in [7, 11) is 0. The van der Waals surface area contributed by atoms with E-state index in [1.165, 1.54) is 77.4 Å². The first-order valence-corrected chi connectivity index (χ1v) is 8.97. The third kappa shape index (κ3) is 2.59. The molecule has 1 saturated carbocycles. The summed E-state index contributed by atoms with van der Waals surface area (Å²) < 4.78 is 0. The van der Waals surface area contributed by atoms with Crippen LogP contribution < -0.4 is 10.2 Å². The number of nitrogens with zero attached hydrogens (tertiary/aromatic N) is 1. The molecule has 1 N–H and O–H groups in total. The zero-order valence-electron chi connectivity index (χ0n) is 13.2. The van der Waals surface area contributed by atoms with Crippen LogP contribution in [0.1, 0.15) is 56.1 Å². The summed E-state index contributed by atoms with van der Waals surface area (Å²) in [6.45, 7) is 3.65. The van der Waals surface area contributed by atoms with E-state index in [0.717, 1.165) is 0 Å². The molecule has 4 rings (SSSR count). The molecule has 1 saturated heterocycles. The second-order valence-corrected chi connectivity index (χ2v) is 7.31. The lowest BCUT2D eigenvalue weighted by Gasteiger charge is -2.36. The van der Waals surface area contributed by atoms with Gasteiger partial charge in [-0.15, -0.1) is 0 Å². The van der Waals surface area contributed by atoms with Crippen LogP contribution in [0, 0.1) is 0 Å². The minimum Gasteiger partial charge on any atom is -0.369 e. The van der Waals surface area contributed by atoms with Crippen LogP contribution in [0.5, 0.6) is 0 Å². The second kappa shape index (κ2) is 5.64. The lowest BCUT2D eigenvalue weighted by Crippen LogP contribution is -2.49. The zero-order valence-corrected chi connectivity index (χ0v) is 13.2. The molecule has 1 aromatic rings. The van der Waals surface area contributed by atoms with Crippen LogP contribution in [0.4, 0.5) is 5.69 Å². The van der Waals surface area contributed by atoms with Crippen LogP contribution >= 0.6 is 0 Å². The molecule has 114 valence electrons. The van der Waals surface area contributed by atoms with Crippen molar-refractivity contribution < 1.29 is 0 Å². The van der Waals surface area contributed by atoms with Gasteiger partial charge in [0, 0.05) is 24.3 Å². The highest BCUT2D eigenvalue weighted by atomic mass is 15.2.